The Morgan fingerprint density at radius 3 is 2.58 bits per heavy atom. The Kier molecular flexibility index (Phi) is 4.80. The molecule has 124 valence electrons. The summed E-state index contributed by atoms with van der Waals surface area (Å²) in [6.07, 6.45) is 0. The van der Waals surface area contributed by atoms with Gasteiger partial charge in [-0.3, -0.25) is 9.59 Å². The fraction of sp³-hybridized carbons (Fsp3) is 0.176. The molecule has 0 saturated heterocycles. The zero-order chi connectivity index (χ0) is 17.3. The minimum atomic E-state index is -0.803. The number of nitrogens with zero attached hydrogens (tertiary/aromatic N) is 1. The maximum atomic E-state index is 12.9. The van der Waals surface area contributed by atoms with E-state index in [2.05, 4.69) is 0 Å². The molecule has 1 aliphatic heterocycles. The van der Waals surface area contributed by atoms with Crippen LogP contribution in [0, 0.1) is 0 Å². The molecule has 2 atom stereocenters. The van der Waals surface area contributed by atoms with E-state index in [1.807, 2.05) is 30.3 Å². The molecule has 0 radical (unpaired) electrons. The molecule has 0 saturated carbocycles. The van der Waals surface area contributed by atoms with Gasteiger partial charge in [-0.2, -0.15) is 0 Å². The van der Waals surface area contributed by atoms with Gasteiger partial charge in [-0.25, -0.2) is 0 Å². The minimum absolute atomic E-state index is 0.219. The van der Waals surface area contributed by atoms with Crippen LogP contribution in [0.4, 0.5) is 5.69 Å². The maximum Gasteiger partial charge on any atom is 0.245 e. The maximum absolute atomic E-state index is 12.9. The van der Waals surface area contributed by atoms with Crippen molar-refractivity contribution in [2.45, 2.75) is 16.2 Å². The largest absolute Gasteiger partial charge is 0.368 e. The highest BCUT2D eigenvalue weighted by Crippen LogP contribution is 2.45. The van der Waals surface area contributed by atoms with Gasteiger partial charge in [0.15, 0.2) is 0 Å². The Morgan fingerprint density at radius 2 is 1.92 bits per heavy atom. The normalized spacial score (nSPS) is 20.4. The number of carbonyl (C=O) groups is 2. The number of halogens is 1. The fourth-order valence-electron chi connectivity index (χ4n) is 2.68. The number of hydrogen-bond donors (Lipinski definition) is 2. The topological polar surface area (TPSA) is 89.4 Å². The Bertz CT molecular complexity index is 785. The third kappa shape index (κ3) is 3.26. The van der Waals surface area contributed by atoms with Crippen LogP contribution in [-0.4, -0.2) is 24.4 Å². The van der Waals surface area contributed by atoms with E-state index in [1.54, 1.807) is 18.2 Å². The van der Waals surface area contributed by atoms with Crippen LogP contribution in [0.5, 0.6) is 0 Å². The first-order valence-corrected chi connectivity index (χ1v) is 8.59. The minimum Gasteiger partial charge on any atom is -0.368 e. The standard InChI is InChI=1S/C17H16ClN3O2S/c18-11-6-7-12-13(8-11)24-16(10-4-2-1-3-5-10)15(20)17(23)21(12)9-14(19)22/h1-8,15-16H,9,20H2,(H2,19,22)/t15-,16-/m0/s1. The van der Waals surface area contributed by atoms with Gasteiger partial charge in [-0.15, -0.1) is 11.8 Å². The van der Waals surface area contributed by atoms with Gasteiger partial charge in [0.2, 0.25) is 11.8 Å². The van der Waals surface area contributed by atoms with E-state index >= 15 is 0 Å². The summed E-state index contributed by atoms with van der Waals surface area (Å²) in [5.41, 5.74) is 13.1. The van der Waals surface area contributed by atoms with E-state index in [4.69, 9.17) is 23.1 Å². The van der Waals surface area contributed by atoms with Crippen LogP contribution in [0.1, 0.15) is 10.8 Å². The van der Waals surface area contributed by atoms with E-state index in [0.29, 0.717) is 10.7 Å². The number of nitrogens with two attached hydrogens (primary N) is 2. The van der Waals surface area contributed by atoms with Gasteiger partial charge in [-0.05, 0) is 23.8 Å². The number of anilines is 1. The third-order valence-electron chi connectivity index (χ3n) is 3.79. The van der Waals surface area contributed by atoms with Crippen molar-refractivity contribution in [3.63, 3.8) is 0 Å². The second-order valence-corrected chi connectivity index (χ2v) is 7.10. The predicted octanol–water partition coefficient (Wildman–Crippen LogP) is 2.33. The Balaban J connectivity index is 2.10. The first-order chi connectivity index (χ1) is 11.5. The summed E-state index contributed by atoms with van der Waals surface area (Å²) < 4.78 is 0. The van der Waals surface area contributed by atoms with Crippen molar-refractivity contribution in [1.82, 2.24) is 0 Å². The lowest BCUT2D eigenvalue weighted by Crippen LogP contribution is -2.48. The SMILES string of the molecule is NC(=O)CN1C(=O)[C@@H](N)[C@H](c2ccccc2)Sc2cc(Cl)ccc21. The van der Waals surface area contributed by atoms with Crippen LogP contribution < -0.4 is 16.4 Å². The molecule has 1 heterocycles. The molecular weight excluding hydrogens is 346 g/mol. The van der Waals surface area contributed by atoms with E-state index in [0.717, 1.165) is 10.5 Å². The van der Waals surface area contributed by atoms with Crippen LogP contribution in [0.2, 0.25) is 5.02 Å². The summed E-state index contributed by atoms with van der Waals surface area (Å²) >= 11 is 7.57. The fourth-order valence-corrected chi connectivity index (χ4v) is 4.24. The first-order valence-electron chi connectivity index (χ1n) is 7.34. The van der Waals surface area contributed by atoms with E-state index in [1.165, 1.54) is 16.7 Å². The van der Waals surface area contributed by atoms with Gasteiger partial charge in [0.25, 0.3) is 0 Å². The number of carbonyl (C=O) groups excluding carboxylic acids is 2. The van der Waals surface area contributed by atoms with Crippen LogP contribution in [0.15, 0.2) is 53.4 Å². The van der Waals surface area contributed by atoms with Crippen LogP contribution in [-0.2, 0) is 9.59 Å². The lowest BCUT2D eigenvalue weighted by atomic mass is 10.0. The van der Waals surface area contributed by atoms with Crippen molar-refractivity contribution in [2.75, 3.05) is 11.4 Å². The van der Waals surface area contributed by atoms with E-state index in [9.17, 15) is 9.59 Å². The van der Waals surface area contributed by atoms with E-state index < -0.39 is 11.9 Å². The summed E-state index contributed by atoms with van der Waals surface area (Å²) in [4.78, 5) is 26.4. The van der Waals surface area contributed by atoms with Crippen molar-refractivity contribution in [3.05, 3.63) is 59.1 Å². The molecule has 2 amide bonds. The average Bonchev–Trinajstić information content (AvgIpc) is 2.66. The van der Waals surface area contributed by atoms with Crippen molar-refractivity contribution in [3.8, 4) is 0 Å². The number of benzene rings is 2. The molecule has 24 heavy (non-hydrogen) atoms. The van der Waals surface area contributed by atoms with Gasteiger partial charge >= 0.3 is 0 Å². The number of thioether (sulfide) groups is 1. The third-order valence-corrected chi connectivity index (χ3v) is 5.42. The molecule has 7 heteroatoms. The van der Waals surface area contributed by atoms with Crippen molar-refractivity contribution in [2.24, 2.45) is 11.5 Å². The zero-order valence-corrected chi connectivity index (χ0v) is 14.3. The number of primary amides is 1. The molecule has 2 aromatic rings. The smallest absolute Gasteiger partial charge is 0.245 e. The van der Waals surface area contributed by atoms with Crippen LogP contribution in [0.3, 0.4) is 0 Å². The lowest BCUT2D eigenvalue weighted by molar-refractivity contribution is -0.123. The molecule has 0 unspecified atom stereocenters. The molecular formula is C17H16ClN3O2S. The highest BCUT2D eigenvalue weighted by molar-refractivity contribution is 7.99. The molecule has 0 bridgehead atoms. The highest BCUT2D eigenvalue weighted by Gasteiger charge is 2.36. The molecule has 4 N–H and O–H groups in total. The summed E-state index contributed by atoms with van der Waals surface area (Å²) in [7, 11) is 0. The van der Waals surface area contributed by atoms with Gasteiger partial charge in [0.05, 0.1) is 10.9 Å². The summed E-state index contributed by atoms with van der Waals surface area (Å²) in [5.74, 6) is -0.934. The van der Waals surface area contributed by atoms with Crippen molar-refractivity contribution in [1.29, 1.82) is 0 Å². The van der Waals surface area contributed by atoms with Gasteiger partial charge in [0.1, 0.15) is 12.6 Å². The van der Waals surface area contributed by atoms with Crippen LogP contribution >= 0.6 is 23.4 Å². The summed E-state index contributed by atoms with van der Waals surface area (Å²) in [6, 6.07) is 13.9. The van der Waals surface area contributed by atoms with Crippen molar-refractivity contribution >= 4 is 40.9 Å². The molecule has 0 spiro atoms. The quantitative estimate of drug-likeness (QED) is 0.878. The van der Waals surface area contributed by atoms with E-state index in [-0.39, 0.29) is 17.7 Å². The van der Waals surface area contributed by atoms with Gasteiger partial charge in [-0.1, -0.05) is 41.9 Å². The summed E-state index contributed by atoms with van der Waals surface area (Å²) in [5, 5.41) is 0.267. The lowest BCUT2D eigenvalue weighted by Gasteiger charge is -2.24. The highest BCUT2D eigenvalue weighted by atomic mass is 35.5. The zero-order valence-electron chi connectivity index (χ0n) is 12.7. The van der Waals surface area contributed by atoms with Gasteiger partial charge < -0.3 is 16.4 Å². The second-order valence-electron chi connectivity index (χ2n) is 5.48. The Hall–Kier alpha value is -2.02. The monoisotopic (exact) mass is 361 g/mol. The molecule has 2 aromatic carbocycles. The number of amides is 2. The Morgan fingerprint density at radius 1 is 1.21 bits per heavy atom. The average molecular weight is 362 g/mol. The second kappa shape index (κ2) is 6.84. The number of hydrogen-bond acceptors (Lipinski definition) is 4. The Labute approximate surface area is 148 Å². The molecule has 0 aliphatic carbocycles. The number of rotatable bonds is 3. The molecule has 0 fully saturated rings. The van der Waals surface area contributed by atoms with Crippen molar-refractivity contribution < 1.29 is 9.59 Å². The molecule has 1 aliphatic rings. The molecule has 3 rings (SSSR count). The van der Waals surface area contributed by atoms with Gasteiger partial charge in [0, 0.05) is 9.92 Å². The van der Waals surface area contributed by atoms with Crippen LogP contribution in [0.25, 0.3) is 0 Å². The predicted molar refractivity (Wildman–Crippen MR) is 96.0 cm³/mol. The summed E-state index contributed by atoms with van der Waals surface area (Å²) in [6.45, 7) is -0.219. The molecule has 0 aromatic heterocycles. The molecule has 5 nitrogen and oxygen atoms in total. The first kappa shape index (κ1) is 16.8. The number of fused-ring (bicyclic) bond motifs is 1.